The standard InChI is InChI=1S/C7H6ClNO4S/c1-14(12,13)5-2-4(7(10)11)3-9-6(5)8/h2-3H,1H3,(H,10,11). The smallest absolute Gasteiger partial charge is 0.337 e. The van der Waals surface area contributed by atoms with E-state index in [1.54, 1.807) is 0 Å². The molecule has 0 spiro atoms. The quantitative estimate of drug-likeness (QED) is 0.768. The van der Waals surface area contributed by atoms with E-state index in [0.29, 0.717) is 0 Å². The molecule has 0 amide bonds. The summed E-state index contributed by atoms with van der Waals surface area (Å²) in [5, 5.41) is 8.36. The summed E-state index contributed by atoms with van der Waals surface area (Å²) in [5.41, 5.74) is -0.213. The van der Waals surface area contributed by atoms with Crippen molar-refractivity contribution >= 4 is 27.4 Å². The number of halogens is 1. The van der Waals surface area contributed by atoms with E-state index in [0.717, 1.165) is 18.5 Å². The van der Waals surface area contributed by atoms with Crippen LogP contribution in [0.2, 0.25) is 5.15 Å². The fourth-order valence-electron chi connectivity index (χ4n) is 0.805. The highest BCUT2D eigenvalue weighted by atomic mass is 35.5. The normalized spacial score (nSPS) is 11.3. The van der Waals surface area contributed by atoms with Gasteiger partial charge in [-0.1, -0.05) is 11.6 Å². The van der Waals surface area contributed by atoms with Gasteiger partial charge in [-0.3, -0.25) is 0 Å². The summed E-state index contributed by atoms with van der Waals surface area (Å²) in [6, 6.07) is 0.979. The number of pyridine rings is 1. The van der Waals surface area contributed by atoms with Crippen molar-refractivity contribution in [1.29, 1.82) is 0 Å². The van der Waals surface area contributed by atoms with Gasteiger partial charge in [0.1, 0.15) is 10.0 Å². The van der Waals surface area contributed by atoms with Crippen molar-refractivity contribution in [3.8, 4) is 0 Å². The van der Waals surface area contributed by atoms with Gasteiger partial charge in [-0.25, -0.2) is 18.2 Å². The highest BCUT2D eigenvalue weighted by Gasteiger charge is 2.16. The van der Waals surface area contributed by atoms with E-state index in [4.69, 9.17) is 16.7 Å². The first-order valence-electron chi connectivity index (χ1n) is 3.41. The van der Waals surface area contributed by atoms with Crippen LogP contribution in [0.1, 0.15) is 10.4 Å². The first kappa shape index (κ1) is 10.9. The maximum absolute atomic E-state index is 11.1. The second-order valence-corrected chi connectivity index (χ2v) is 4.93. The van der Waals surface area contributed by atoms with Gasteiger partial charge >= 0.3 is 5.97 Å². The van der Waals surface area contributed by atoms with E-state index in [1.165, 1.54) is 0 Å². The molecule has 0 atom stereocenters. The minimum absolute atomic E-state index is 0.213. The molecule has 0 aromatic carbocycles. The summed E-state index contributed by atoms with van der Waals surface area (Å²) < 4.78 is 22.2. The van der Waals surface area contributed by atoms with Gasteiger partial charge < -0.3 is 5.11 Å². The van der Waals surface area contributed by atoms with E-state index >= 15 is 0 Å². The van der Waals surface area contributed by atoms with Crippen LogP contribution in [0.25, 0.3) is 0 Å². The summed E-state index contributed by atoms with van der Waals surface area (Å²) in [4.78, 5) is 13.7. The molecule has 1 heterocycles. The van der Waals surface area contributed by atoms with Crippen LogP contribution >= 0.6 is 11.6 Å². The molecule has 76 valence electrons. The Morgan fingerprint density at radius 2 is 2.14 bits per heavy atom. The molecule has 0 saturated heterocycles. The average Bonchev–Trinajstić information content (AvgIpc) is 2.02. The topological polar surface area (TPSA) is 84.3 Å². The molecule has 0 radical (unpaired) electrons. The lowest BCUT2D eigenvalue weighted by Gasteiger charge is -2.01. The maximum atomic E-state index is 11.1. The van der Waals surface area contributed by atoms with E-state index in [9.17, 15) is 13.2 Å². The second kappa shape index (κ2) is 3.55. The molecule has 7 heteroatoms. The SMILES string of the molecule is CS(=O)(=O)c1cc(C(=O)O)cnc1Cl. The molecule has 0 unspecified atom stereocenters. The van der Waals surface area contributed by atoms with E-state index < -0.39 is 15.8 Å². The molecule has 1 rings (SSSR count). The van der Waals surface area contributed by atoms with Crippen LogP contribution in [-0.2, 0) is 9.84 Å². The summed E-state index contributed by atoms with van der Waals surface area (Å²) >= 11 is 5.50. The van der Waals surface area contributed by atoms with Gasteiger partial charge in [0.15, 0.2) is 9.84 Å². The van der Waals surface area contributed by atoms with Crippen LogP contribution < -0.4 is 0 Å². The summed E-state index contributed by atoms with van der Waals surface area (Å²) in [5.74, 6) is -1.25. The number of rotatable bonds is 2. The Hall–Kier alpha value is -1.14. The molecule has 0 saturated carbocycles. The first-order chi connectivity index (χ1) is 6.32. The number of aromatic nitrogens is 1. The third-order valence-corrected chi connectivity index (χ3v) is 2.98. The third-order valence-electron chi connectivity index (χ3n) is 1.45. The predicted molar refractivity (Wildman–Crippen MR) is 49.3 cm³/mol. The van der Waals surface area contributed by atoms with E-state index in [-0.39, 0.29) is 15.6 Å². The van der Waals surface area contributed by atoms with E-state index in [1.807, 2.05) is 0 Å². The van der Waals surface area contributed by atoms with Gasteiger partial charge in [-0.05, 0) is 6.07 Å². The molecular weight excluding hydrogens is 230 g/mol. The molecule has 1 aromatic rings. The van der Waals surface area contributed by atoms with Gasteiger partial charge in [0.25, 0.3) is 0 Å². The zero-order valence-electron chi connectivity index (χ0n) is 7.06. The fourth-order valence-corrected chi connectivity index (χ4v) is 2.03. The van der Waals surface area contributed by atoms with E-state index in [2.05, 4.69) is 4.98 Å². The van der Waals surface area contributed by atoms with Crippen LogP contribution in [-0.4, -0.2) is 30.7 Å². The van der Waals surface area contributed by atoms with Gasteiger partial charge in [0, 0.05) is 12.5 Å². The van der Waals surface area contributed by atoms with Gasteiger partial charge in [0.05, 0.1) is 5.56 Å². The Balaban J connectivity index is 3.44. The molecule has 0 fully saturated rings. The van der Waals surface area contributed by atoms with Crippen molar-refractivity contribution in [2.24, 2.45) is 0 Å². The predicted octanol–water partition coefficient (Wildman–Crippen LogP) is 0.837. The number of aromatic carboxylic acids is 1. The minimum Gasteiger partial charge on any atom is -0.478 e. The largest absolute Gasteiger partial charge is 0.478 e. The minimum atomic E-state index is -3.55. The van der Waals surface area contributed by atoms with Crippen molar-refractivity contribution < 1.29 is 18.3 Å². The molecule has 0 aliphatic carbocycles. The van der Waals surface area contributed by atoms with Crippen molar-refractivity contribution in [3.63, 3.8) is 0 Å². The van der Waals surface area contributed by atoms with Crippen molar-refractivity contribution in [1.82, 2.24) is 4.98 Å². The van der Waals surface area contributed by atoms with Gasteiger partial charge in [0.2, 0.25) is 0 Å². The summed E-state index contributed by atoms with van der Waals surface area (Å²) in [6.45, 7) is 0. The first-order valence-corrected chi connectivity index (χ1v) is 5.68. The number of nitrogens with zero attached hydrogens (tertiary/aromatic N) is 1. The molecule has 0 aliphatic rings. The molecular formula is C7H6ClNO4S. The van der Waals surface area contributed by atoms with Crippen LogP contribution in [0, 0.1) is 0 Å². The van der Waals surface area contributed by atoms with Gasteiger partial charge in [-0.2, -0.15) is 0 Å². The van der Waals surface area contributed by atoms with Gasteiger partial charge in [-0.15, -0.1) is 0 Å². The second-order valence-electron chi connectivity index (χ2n) is 2.59. The van der Waals surface area contributed by atoms with Crippen LogP contribution in [0.3, 0.4) is 0 Å². The van der Waals surface area contributed by atoms with Crippen molar-refractivity contribution in [2.75, 3.05) is 6.26 Å². The Morgan fingerprint density at radius 1 is 1.57 bits per heavy atom. The maximum Gasteiger partial charge on any atom is 0.337 e. The average molecular weight is 236 g/mol. The van der Waals surface area contributed by atoms with Crippen LogP contribution in [0.4, 0.5) is 0 Å². The lowest BCUT2D eigenvalue weighted by molar-refractivity contribution is 0.0696. The summed E-state index contributed by atoms with van der Waals surface area (Å²) in [6.07, 6.45) is 1.93. The molecule has 5 nitrogen and oxygen atoms in total. The highest BCUT2D eigenvalue weighted by Crippen LogP contribution is 2.19. The Morgan fingerprint density at radius 3 is 2.57 bits per heavy atom. The zero-order valence-corrected chi connectivity index (χ0v) is 8.63. The summed E-state index contributed by atoms with van der Waals surface area (Å²) in [7, 11) is -3.55. The van der Waals surface area contributed by atoms with Crippen LogP contribution in [0.15, 0.2) is 17.2 Å². The molecule has 0 bridgehead atoms. The number of hydrogen-bond donors (Lipinski definition) is 1. The van der Waals surface area contributed by atoms with Crippen LogP contribution in [0.5, 0.6) is 0 Å². The highest BCUT2D eigenvalue weighted by molar-refractivity contribution is 7.90. The molecule has 1 aromatic heterocycles. The molecule has 0 aliphatic heterocycles. The van der Waals surface area contributed by atoms with Crippen molar-refractivity contribution in [3.05, 3.63) is 23.0 Å². The monoisotopic (exact) mass is 235 g/mol. The number of hydrogen-bond acceptors (Lipinski definition) is 4. The third kappa shape index (κ3) is 2.21. The Kier molecular flexibility index (Phi) is 2.77. The fraction of sp³-hybridized carbons (Fsp3) is 0.143. The Labute approximate surface area is 85.3 Å². The number of carbonyl (C=O) groups is 1. The lowest BCUT2D eigenvalue weighted by atomic mass is 10.3. The Bertz CT molecular complexity index is 482. The molecule has 14 heavy (non-hydrogen) atoms. The lowest BCUT2D eigenvalue weighted by Crippen LogP contribution is -2.04. The van der Waals surface area contributed by atoms with Crippen molar-refractivity contribution in [2.45, 2.75) is 4.90 Å². The molecule has 1 N–H and O–H groups in total. The zero-order chi connectivity index (χ0) is 10.9. The number of carboxylic acid groups (broad SMARTS) is 1. The number of sulfone groups is 1. The number of carboxylic acids is 1.